The Morgan fingerprint density at radius 3 is 2.90 bits per heavy atom. The summed E-state index contributed by atoms with van der Waals surface area (Å²) in [5, 5.41) is 1.78. The standard InChI is InChI=1S/C14H13Cl2N3S/c1-9-7-17-14(20-9)8-19-12-6-10(16)2-3-11(12)18-13(19)4-5-15/h2-3,6-7H,4-5,8H2,1H3. The van der Waals surface area contributed by atoms with Gasteiger partial charge in [-0.15, -0.1) is 22.9 Å². The highest BCUT2D eigenvalue weighted by atomic mass is 35.5. The van der Waals surface area contributed by atoms with E-state index in [0.29, 0.717) is 17.4 Å². The lowest BCUT2D eigenvalue weighted by Crippen LogP contribution is -2.05. The lowest BCUT2D eigenvalue weighted by Gasteiger charge is -2.06. The molecule has 0 saturated heterocycles. The monoisotopic (exact) mass is 325 g/mol. The van der Waals surface area contributed by atoms with Crippen molar-refractivity contribution in [1.29, 1.82) is 0 Å². The van der Waals surface area contributed by atoms with Gasteiger partial charge in [0.15, 0.2) is 0 Å². The van der Waals surface area contributed by atoms with E-state index in [9.17, 15) is 0 Å². The average Bonchev–Trinajstić information content (AvgIpc) is 2.96. The van der Waals surface area contributed by atoms with Gasteiger partial charge in [-0.25, -0.2) is 9.97 Å². The molecule has 0 amide bonds. The minimum absolute atomic E-state index is 0.550. The number of alkyl halides is 1. The summed E-state index contributed by atoms with van der Waals surface area (Å²) in [6.07, 6.45) is 2.63. The van der Waals surface area contributed by atoms with Gasteiger partial charge < -0.3 is 4.57 Å². The summed E-state index contributed by atoms with van der Waals surface area (Å²) in [4.78, 5) is 10.3. The van der Waals surface area contributed by atoms with Crippen LogP contribution in [0.5, 0.6) is 0 Å². The molecule has 3 rings (SSSR count). The maximum Gasteiger partial charge on any atom is 0.113 e. The van der Waals surface area contributed by atoms with Crippen LogP contribution in [-0.2, 0) is 13.0 Å². The van der Waals surface area contributed by atoms with Crippen LogP contribution in [-0.4, -0.2) is 20.4 Å². The Balaban J connectivity index is 2.09. The third-order valence-electron chi connectivity index (χ3n) is 3.07. The zero-order valence-electron chi connectivity index (χ0n) is 10.9. The summed E-state index contributed by atoms with van der Waals surface area (Å²) in [6.45, 7) is 2.77. The van der Waals surface area contributed by atoms with Gasteiger partial charge in [-0.3, -0.25) is 0 Å². The average molecular weight is 326 g/mol. The fraction of sp³-hybridized carbons (Fsp3) is 0.286. The predicted octanol–water partition coefficient (Wildman–Crippen LogP) is 4.28. The van der Waals surface area contributed by atoms with E-state index in [1.54, 1.807) is 11.3 Å². The number of imidazole rings is 1. The zero-order chi connectivity index (χ0) is 14.1. The lowest BCUT2D eigenvalue weighted by molar-refractivity contribution is 0.750. The van der Waals surface area contributed by atoms with Crippen molar-refractivity contribution < 1.29 is 0 Å². The van der Waals surface area contributed by atoms with Gasteiger partial charge in [0.2, 0.25) is 0 Å². The zero-order valence-corrected chi connectivity index (χ0v) is 13.3. The molecule has 0 aliphatic carbocycles. The van der Waals surface area contributed by atoms with Crippen LogP contribution in [0.2, 0.25) is 5.02 Å². The Bertz CT molecular complexity index is 748. The van der Waals surface area contributed by atoms with Gasteiger partial charge in [0.25, 0.3) is 0 Å². The molecule has 3 nitrogen and oxygen atoms in total. The van der Waals surface area contributed by atoms with E-state index in [0.717, 1.165) is 28.3 Å². The molecule has 0 spiro atoms. The van der Waals surface area contributed by atoms with Crippen molar-refractivity contribution in [2.45, 2.75) is 19.9 Å². The smallest absolute Gasteiger partial charge is 0.113 e. The van der Waals surface area contributed by atoms with Crippen LogP contribution in [0.15, 0.2) is 24.4 Å². The summed E-state index contributed by atoms with van der Waals surface area (Å²) >= 11 is 13.7. The van der Waals surface area contributed by atoms with Crippen LogP contribution in [0.4, 0.5) is 0 Å². The molecule has 104 valence electrons. The highest BCUT2D eigenvalue weighted by molar-refractivity contribution is 7.11. The molecule has 0 radical (unpaired) electrons. The van der Waals surface area contributed by atoms with E-state index in [4.69, 9.17) is 23.2 Å². The first-order valence-corrected chi connectivity index (χ1v) is 8.02. The second-order valence-electron chi connectivity index (χ2n) is 4.55. The van der Waals surface area contributed by atoms with Gasteiger partial charge >= 0.3 is 0 Å². The second-order valence-corrected chi connectivity index (χ2v) is 6.68. The number of aromatic nitrogens is 3. The van der Waals surface area contributed by atoms with E-state index < -0.39 is 0 Å². The van der Waals surface area contributed by atoms with Gasteiger partial charge in [-0.2, -0.15) is 0 Å². The first-order valence-electron chi connectivity index (χ1n) is 6.29. The topological polar surface area (TPSA) is 30.7 Å². The number of benzene rings is 1. The molecule has 2 aromatic heterocycles. The SMILES string of the molecule is Cc1cnc(Cn2c(CCCl)nc3ccc(Cl)cc32)s1. The van der Waals surface area contributed by atoms with Crippen molar-refractivity contribution in [3.63, 3.8) is 0 Å². The lowest BCUT2D eigenvalue weighted by atomic mass is 10.3. The normalized spacial score (nSPS) is 11.3. The summed E-state index contributed by atoms with van der Waals surface area (Å²) in [5.74, 6) is 1.53. The highest BCUT2D eigenvalue weighted by Crippen LogP contribution is 2.23. The fourth-order valence-corrected chi connectivity index (χ4v) is 3.32. The fourth-order valence-electron chi connectivity index (χ4n) is 2.21. The van der Waals surface area contributed by atoms with Gasteiger partial charge in [0.05, 0.1) is 17.6 Å². The summed E-state index contributed by atoms with van der Waals surface area (Å²) in [7, 11) is 0. The van der Waals surface area contributed by atoms with Gasteiger partial charge in [-0.1, -0.05) is 11.6 Å². The molecule has 0 aliphatic heterocycles. The summed E-state index contributed by atoms with van der Waals surface area (Å²) < 4.78 is 2.15. The maximum atomic E-state index is 6.10. The molecule has 0 bridgehead atoms. The Kier molecular flexibility index (Phi) is 3.96. The Hall–Kier alpha value is -1.10. The molecule has 0 N–H and O–H groups in total. The number of nitrogens with zero attached hydrogens (tertiary/aromatic N) is 3. The molecule has 0 fully saturated rings. The van der Waals surface area contributed by atoms with Crippen LogP contribution in [0.25, 0.3) is 11.0 Å². The second kappa shape index (κ2) is 5.72. The number of rotatable bonds is 4. The van der Waals surface area contributed by atoms with E-state index in [-0.39, 0.29) is 0 Å². The highest BCUT2D eigenvalue weighted by Gasteiger charge is 2.12. The molecule has 0 saturated carbocycles. The summed E-state index contributed by atoms with van der Waals surface area (Å²) in [6, 6.07) is 5.75. The molecule has 20 heavy (non-hydrogen) atoms. The molecular weight excluding hydrogens is 313 g/mol. The summed E-state index contributed by atoms with van der Waals surface area (Å²) in [5.41, 5.74) is 1.98. The molecule has 6 heteroatoms. The molecule has 0 aliphatic rings. The van der Waals surface area contributed by atoms with Crippen molar-refractivity contribution in [1.82, 2.24) is 14.5 Å². The van der Waals surface area contributed by atoms with Crippen LogP contribution < -0.4 is 0 Å². The molecule has 3 aromatic rings. The third-order valence-corrected chi connectivity index (χ3v) is 4.39. The predicted molar refractivity (Wildman–Crippen MR) is 85.1 cm³/mol. The minimum atomic E-state index is 0.550. The van der Waals surface area contributed by atoms with E-state index >= 15 is 0 Å². The molecule has 1 aromatic carbocycles. The van der Waals surface area contributed by atoms with Crippen LogP contribution in [0, 0.1) is 6.92 Å². The largest absolute Gasteiger partial charge is 0.321 e. The number of hydrogen-bond donors (Lipinski definition) is 0. The van der Waals surface area contributed by atoms with E-state index in [1.807, 2.05) is 24.4 Å². The van der Waals surface area contributed by atoms with Crippen molar-refractivity contribution >= 4 is 45.6 Å². The van der Waals surface area contributed by atoms with Crippen LogP contribution in [0.1, 0.15) is 15.7 Å². The van der Waals surface area contributed by atoms with Crippen molar-refractivity contribution in [3.05, 3.63) is 45.1 Å². The molecular formula is C14H13Cl2N3S. The van der Waals surface area contributed by atoms with E-state index in [1.165, 1.54) is 4.88 Å². The van der Waals surface area contributed by atoms with Gasteiger partial charge in [0, 0.05) is 28.4 Å². The number of thiazole rings is 1. The first kappa shape index (κ1) is 13.9. The molecule has 0 atom stereocenters. The Morgan fingerprint density at radius 2 is 2.20 bits per heavy atom. The molecule has 0 unspecified atom stereocenters. The van der Waals surface area contributed by atoms with Gasteiger partial charge in [0.1, 0.15) is 10.8 Å². The van der Waals surface area contributed by atoms with Crippen LogP contribution >= 0.6 is 34.5 Å². The Labute approximate surface area is 131 Å². The van der Waals surface area contributed by atoms with Crippen molar-refractivity contribution in [2.75, 3.05) is 5.88 Å². The van der Waals surface area contributed by atoms with Crippen molar-refractivity contribution in [3.8, 4) is 0 Å². The quantitative estimate of drug-likeness (QED) is 0.670. The Morgan fingerprint density at radius 1 is 1.35 bits per heavy atom. The first-order chi connectivity index (χ1) is 9.67. The third kappa shape index (κ3) is 2.68. The van der Waals surface area contributed by atoms with E-state index in [2.05, 4.69) is 21.5 Å². The number of aryl methyl sites for hydroxylation is 2. The number of hydrogen-bond acceptors (Lipinski definition) is 3. The van der Waals surface area contributed by atoms with Crippen LogP contribution in [0.3, 0.4) is 0 Å². The van der Waals surface area contributed by atoms with Gasteiger partial charge in [-0.05, 0) is 25.1 Å². The van der Waals surface area contributed by atoms with Crippen molar-refractivity contribution in [2.24, 2.45) is 0 Å². The number of fused-ring (bicyclic) bond motifs is 1. The number of halogens is 2. The molecule has 2 heterocycles. The minimum Gasteiger partial charge on any atom is -0.321 e. The maximum absolute atomic E-state index is 6.10.